The molecule has 4 rings (SSSR count). The molecule has 0 aliphatic carbocycles. The molecule has 1 amide bonds. The van der Waals surface area contributed by atoms with Crippen molar-refractivity contribution in [3.8, 4) is 5.69 Å². The van der Waals surface area contributed by atoms with Crippen LogP contribution in [-0.2, 0) is 0 Å². The number of hydrogen-bond donors (Lipinski definition) is 0. The Morgan fingerprint density at radius 2 is 1.82 bits per heavy atom. The number of amides is 1. The average Bonchev–Trinajstić information content (AvgIpc) is 3.30. The molecule has 0 radical (unpaired) electrons. The van der Waals surface area contributed by atoms with Crippen LogP contribution in [0.2, 0.25) is 0 Å². The lowest BCUT2D eigenvalue weighted by Crippen LogP contribution is -2.48. The van der Waals surface area contributed by atoms with Crippen molar-refractivity contribution in [2.45, 2.75) is 0 Å². The monoisotopic (exact) mass is 373 g/mol. The fourth-order valence-electron chi connectivity index (χ4n) is 3.30. The minimum atomic E-state index is -0.0199. The number of nitrogens with zero attached hydrogens (tertiary/aromatic N) is 5. The number of pyridine rings is 1. The summed E-state index contributed by atoms with van der Waals surface area (Å²) in [6, 6.07) is 15.8. The van der Waals surface area contributed by atoms with Gasteiger partial charge in [0, 0.05) is 51.3 Å². The Kier molecular flexibility index (Phi) is 5.58. The summed E-state index contributed by atoms with van der Waals surface area (Å²) in [7, 11) is 0. The van der Waals surface area contributed by atoms with E-state index in [1.165, 1.54) is 5.56 Å². The summed E-state index contributed by atoms with van der Waals surface area (Å²) in [6.45, 7) is 4.05. The van der Waals surface area contributed by atoms with Gasteiger partial charge in [-0.15, -0.1) is 0 Å². The maximum Gasteiger partial charge on any atom is 0.272 e. The van der Waals surface area contributed by atoms with Crippen molar-refractivity contribution in [3.63, 3.8) is 0 Å². The lowest BCUT2D eigenvalue weighted by atomic mass is 10.2. The first-order valence-electron chi connectivity index (χ1n) is 9.49. The van der Waals surface area contributed by atoms with Crippen molar-refractivity contribution in [2.24, 2.45) is 0 Å². The third-order valence-corrected chi connectivity index (χ3v) is 4.86. The van der Waals surface area contributed by atoms with Gasteiger partial charge < -0.3 is 4.90 Å². The molecule has 0 spiro atoms. The van der Waals surface area contributed by atoms with Crippen LogP contribution < -0.4 is 0 Å². The first-order chi connectivity index (χ1) is 13.8. The van der Waals surface area contributed by atoms with E-state index in [-0.39, 0.29) is 5.91 Å². The number of rotatable bonds is 5. The Labute approximate surface area is 164 Å². The van der Waals surface area contributed by atoms with Gasteiger partial charge in [-0.25, -0.2) is 4.68 Å². The maximum atomic E-state index is 12.8. The van der Waals surface area contributed by atoms with E-state index in [2.05, 4.69) is 39.3 Å². The van der Waals surface area contributed by atoms with Crippen molar-refractivity contribution >= 4 is 12.0 Å². The highest BCUT2D eigenvalue weighted by Gasteiger charge is 2.22. The molecule has 6 heteroatoms. The number of carbonyl (C=O) groups excluding carboxylic acids is 1. The van der Waals surface area contributed by atoms with Gasteiger partial charge in [0.05, 0.1) is 5.69 Å². The largest absolute Gasteiger partial charge is 0.335 e. The SMILES string of the molecule is O=C(c1cc(-n2cccn2)ccn1)N1CCN(C/C=C/c2ccccc2)CC1. The third-order valence-electron chi connectivity index (χ3n) is 4.86. The highest BCUT2D eigenvalue weighted by molar-refractivity contribution is 5.92. The number of benzene rings is 1. The average molecular weight is 373 g/mol. The van der Waals surface area contributed by atoms with Crippen LogP contribution in [0.4, 0.5) is 0 Å². The summed E-state index contributed by atoms with van der Waals surface area (Å²) in [5.41, 5.74) is 2.51. The van der Waals surface area contributed by atoms with E-state index in [1.807, 2.05) is 41.4 Å². The molecule has 0 unspecified atom stereocenters. The number of piperazine rings is 1. The van der Waals surface area contributed by atoms with E-state index in [9.17, 15) is 4.79 Å². The predicted octanol–water partition coefficient (Wildman–Crippen LogP) is 2.74. The second-order valence-electron chi connectivity index (χ2n) is 6.76. The van der Waals surface area contributed by atoms with E-state index < -0.39 is 0 Å². The Morgan fingerprint density at radius 1 is 1.00 bits per heavy atom. The number of aromatic nitrogens is 3. The zero-order valence-corrected chi connectivity index (χ0v) is 15.7. The minimum absolute atomic E-state index is 0.0199. The van der Waals surface area contributed by atoms with Crippen LogP contribution in [0.5, 0.6) is 0 Å². The number of hydrogen-bond acceptors (Lipinski definition) is 4. The summed E-state index contributed by atoms with van der Waals surface area (Å²) in [4.78, 5) is 21.3. The van der Waals surface area contributed by atoms with E-state index in [4.69, 9.17) is 0 Å². The van der Waals surface area contributed by atoms with Gasteiger partial charge in [0.15, 0.2) is 0 Å². The first-order valence-corrected chi connectivity index (χ1v) is 9.49. The molecule has 2 aromatic heterocycles. The molecule has 6 nitrogen and oxygen atoms in total. The van der Waals surface area contributed by atoms with Crippen molar-refractivity contribution in [2.75, 3.05) is 32.7 Å². The fourth-order valence-corrected chi connectivity index (χ4v) is 3.30. The smallest absolute Gasteiger partial charge is 0.272 e. The quantitative estimate of drug-likeness (QED) is 0.690. The summed E-state index contributed by atoms with van der Waals surface area (Å²) < 4.78 is 1.73. The molecule has 0 N–H and O–H groups in total. The Balaban J connectivity index is 1.32. The minimum Gasteiger partial charge on any atom is -0.335 e. The van der Waals surface area contributed by atoms with Crippen molar-refractivity contribution in [3.05, 3.63) is 84.5 Å². The Bertz CT molecular complexity index is 929. The second-order valence-corrected chi connectivity index (χ2v) is 6.76. The predicted molar refractivity (Wildman–Crippen MR) is 109 cm³/mol. The molecule has 0 bridgehead atoms. The van der Waals surface area contributed by atoms with Crippen LogP contribution in [-0.4, -0.2) is 63.2 Å². The summed E-state index contributed by atoms with van der Waals surface area (Å²) >= 11 is 0. The van der Waals surface area contributed by atoms with Gasteiger partial charge in [-0.3, -0.25) is 14.7 Å². The van der Waals surface area contributed by atoms with Crippen LogP contribution >= 0.6 is 0 Å². The van der Waals surface area contributed by atoms with Crippen molar-refractivity contribution in [1.82, 2.24) is 24.6 Å². The maximum absolute atomic E-state index is 12.8. The molecule has 1 aromatic carbocycles. The van der Waals surface area contributed by atoms with Crippen molar-refractivity contribution in [1.29, 1.82) is 0 Å². The molecule has 3 heterocycles. The summed E-state index contributed by atoms with van der Waals surface area (Å²) in [5, 5.41) is 4.21. The van der Waals surface area contributed by atoms with E-state index in [1.54, 1.807) is 23.1 Å². The highest BCUT2D eigenvalue weighted by Crippen LogP contribution is 2.12. The topological polar surface area (TPSA) is 54.3 Å². The van der Waals surface area contributed by atoms with Crippen LogP contribution in [0.25, 0.3) is 11.8 Å². The van der Waals surface area contributed by atoms with Crippen LogP contribution in [0.1, 0.15) is 16.1 Å². The van der Waals surface area contributed by atoms with Gasteiger partial charge in [0.2, 0.25) is 0 Å². The molecule has 0 saturated carbocycles. The highest BCUT2D eigenvalue weighted by atomic mass is 16.2. The molecule has 0 atom stereocenters. The molecule has 1 aliphatic heterocycles. The Morgan fingerprint density at radius 3 is 2.57 bits per heavy atom. The second kappa shape index (κ2) is 8.63. The van der Waals surface area contributed by atoms with Gasteiger partial charge in [-0.2, -0.15) is 5.10 Å². The van der Waals surface area contributed by atoms with Crippen LogP contribution in [0, 0.1) is 0 Å². The zero-order valence-electron chi connectivity index (χ0n) is 15.7. The van der Waals surface area contributed by atoms with Gasteiger partial charge in [-0.1, -0.05) is 42.5 Å². The summed E-state index contributed by atoms with van der Waals surface area (Å²) in [5.74, 6) is -0.0199. The first kappa shape index (κ1) is 18.1. The van der Waals surface area contributed by atoms with Crippen molar-refractivity contribution < 1.29 is 4.79 Å². The van der Waals surface area contributed by atoms with Gasteiger partial charge in [0.1, 0.15) is 5.69 Å². The summed E-state index contributed by atoms with van der Waals surface area (Å²) in [6.07, 6.45) is 9.55. The lowest BCUT2D eigenvalue weighted by Gasteiger charge is -2.34. The fraction of sp³-hybridized carbons (Fsp3) is 0.227. The molecule has 28 heavy (non-hydrogen) atoms. The standard InChI is InChI=1S/C22H23N5O/c28-22(21-18-20(9-11-23-21)27-13-5-10-24-27)26-16-14-25(15-17-26)12-4-8-19-6-2-1-3-7-19/h1-11,13,18H,12,14-17H2/b8-4+. The van der Waals surface area contributed by atoms with E-state index in [0.29, 0.717) is 18.8 Å². The Hall–Kier alpha value is -3.25. The molecular weight excluding hydrogens is 350 g/mol. The van der Waals surface area contributed by atoms with E-state index in [0.717, 1.165) is 25.3 Å². The lowest BCUT2D eigenvalue weighted by molar-refractivity contribution is 0.0644. The normalized spacial score (nSPS) is 15.2. The zero-order chi connectivity index (χ0) is 19.2. The molecule has 3 aromatic rings. The molecule has 1 fully saturated rings. The van der Waals surface area contributed by atoms with Crippen LogP contribution in [0.15, 0.2) is 73.2 Å². The van der Waals surface area contributed by atoms with Gasteiger partial charge >= 0.3 is 0 Å². The molecule has 1 saturated heterocycles. The van der Waals surface area contributed by atoms with Crippen LogP contribution in [0.3, 0.4) is 0 Å². The molecular formula is C22H23N5O. The van der Waals surface area contributed by atoms with Gasteiger partial charge in [-0.05, 0) is 23.8 Å². The molecule has 142 valence electrons. The van der Waals surface area contributed by atoms with Gasteiger partial charge in [0.25, 0.3) is 5.91 Å². The molecule has 1 aliphatic rings. The van der Waals surface area contributed by atoms with E-state index >= 15 is 0 Å². The number of carbonyl (C=O) groups is 1. The third kappa shape index (κ3) is 4.35.